The maximum absolute atomic E-state index is 13.1. The molecule has 0 saturated carbocycles. The molecule has 11 nitrogen and oxygen atoms in total. The van der Waals surface area contributed by atoms with Crippen LogP contribution in [0.5, 0.6) is 0 Å². The summed E-state index contributed by atoms with van der Waals surface area (Å²) in [6.07, 6.45) is 2.30. The van der Waals surface area contributed by atoms with E-state index >= 15 is 0 Å². The van der Waals surface area contributed by atoms with E-state index < -0.39 is 71.6 Å². The van der Waals surface area contributed by atoms with E-state index in [9.17, 15) is 33.9 Å². The molecule has 0 radical (unpaired) electrons. The van der Waals surface area contributed by atoms with Crippen molar-refractivity contribution in [2.45, 2.75) is 64.6 Å². The van der Waals surface area contributed by atoms with E-state index in [4.69, 9.17) is 5.73 Å². The zero-order valence-electron chi connectivity index (χ0n) is 22.9. The molecule has 0 spiro atoms. The topological polar surface area (TPSA) is 185 Å². The molecule has 216 valence electrons. The number of carboxylic acids is 1. The third-order valence-corrected chi connectivity index (χ3v) is 6.68. The van der Waals surface area contributed by atoms with Crippen molar-refractivity contribution in [3.63, 3.8) is 0 Å². The molecule has 0 saturated heterocycles. The molecule has 1 rings (SSSR count). The average molecular weight is 565 g/mol. The van der Waals surface area contributed by atoms with Crippen LogP contribution >= 0.6 is 11.8 Å². The average Bonchev–Trinajstić information content (AvgIpc) is 2.86. The van der Waals surface area contributed by atoms with Gasteiger partial charge in [0.05, 0.1) is 18.5 Å². The van der Waals surface area contributed by atoms with Gasteiger partial charge < -0.3 is 26.8 Å². The summed E-state index contributed by atoms with van der Waals surface area (Å²) in [6, 6.07) is 6.14. The monoisotopic (exact) mass is 564 g/mol. The Balaban J connectivity index is 2.94. The number of nitrogens with one attached hydrogen (secondary N) is 3. The molecule has 39 heavy (non-hydrogen) atoms. The summed E-state index contributed by atoms with van der Waals surface area (Å²) in [7, 11) is 0. The third-order valence-electron chi connectivity index (χ3n) is 6.01. The van der Waals surface area contributed by atoms with Crippen molar-refractivity contribution in [3.8, 4) is 0 Å². The summed E-state index contributed by atoms with van der Waals surface area (Å²) in [6.45, 7) is 4.23. The van der Waals surface area contributed by atoms with Crippen molar-refractivity contribution in [3.05, 3.63) is 35.9 Å². The normalized spacial score (nSPS) is 14.0. The highest BCUT2D eigenvalue weighted by Gasteiger charge is 2.35. The van der Waals surface area contributed by atoms with Gasteiger partial charge in [-0.25, -0.2) is 0 Å². The lowest BCUT2D eigenvalue weighted by molar-refractivity contribution is -0.141. The second-order valence-electron chi connectivity index (χ2n) is 9.59. The van der Waals surface area contributed by atoms with Crippen LogP contribution in [0.1, 0.15) is 45.6 Å². The van der Waals surface area contributed by atoms with Crippen LogP contribution in [0.2, 0.25) is 0 Å². The fraction of sp³-hybridized carbons (Fsp3) is 0.556. The summed E-state index contributed by atoms with van der Waals surface area (Å²) in [5.41, 5.74) is 6.76. The van der Waals surface area contributed by atoms with Crippen LogP contribution in [0, 0.1) is 11.8 Å². The lowest BCUT2D eigenvalue weighted by Gasteiger charge is -2.27. The Labute approximate surface area is 233 Å². The number of carbonyl (C=O) groups is 6. The number of benzene rings is 1. The number of nitrogens with two attached hydrogens (primary N) is 1. The van der Waals surface area contributed by atoms with Gasteiger partial charge >= 0.3 is 5.97 Å². The molecule has 0 aromatic heterocycles. The fourth-order valence-corrected chi connectivity index (χ4v) is 4.54. The van der Waals surface area contributed by atoms with Gasteiger partial charge in [-0.15, -0.1) is 0 Å². The molecule has 0 aliphatic carbocycles. The molecule has 0 aliphatic rings. The zero-order chi connectivity index (χ0) is 29.5. The highest BCUT2D eigenvalue weighted by atomic mass is 32.2. The predicted octanol–water partition coefficient (Wildman–Crippen LogP) is 0.690. The largest absolute Gasteiger partial charge is 0.481 e. The summed E-state index contributed by atoms with van der Waals surface area (Å²) in [5.74, 6) is -5.79. The molecule has 1 unspecified atom stereocenters. The lowest BCUT2D eigenvalue weighted by atomic mass is 9.95. The number of ketones is 2. The number of hydrogen-bond donors (Lipinski definition) is 5. The highest BCUT2D eigenvalue weighted by Crippen LogP contribution is 2.12. The highest BCUT2D eigenvalue weighted by molar-refractivity contribution is 7.98. The molecule has 0 bridgehead atoms. The fourth-order valence-electron chi connectivity index (χ4n) is 3.96. The summed E-state index contributed by atoms with van der Waals surface area (Å²) >= 11 is 1.31. The summed E-state index contributed by atoms with van der Waals surface area (Å²) in [5, 5.41) is 16.8. The minimum atomic E-state index is -1.32. The maximum atomic E-state index is 13.1. The van der Waals surface area contributed by atoms with Crippen LogP contribution in [0.3, 0.4) is 0 Å². The number of amides is 3. The van der Waals surface area contributed by atoms with Crippen molar-refractivity contribution in [2.24, 2.45) is 17.6 Å². The first-order valence-corrected chi connectivity index (χ1v) is 14.2. The molecule has 6 N–H and O–H groups in total. The Kier molecular flexibility index (Phi) is 15.0. The van der Waals surface area contributed by atoms with Gasteiger partial charge in [-0.2, -0.15) is 11.8 Å². The van der Waals surface area contributed by atoms with Gasteiger partial charge in [-0.3, -0.25) is 28.8 Å². The molecular weight excluding hydrogens is 524 g/mol. The van der Waals surface area contributed by atoms with Gasteiger partial charge in [0, 0.05) is 25.6 Å². The van der Waals surface area contributed by atoms with Gasteiger partial charge in [0.2, 0.25) is 17.7 Å². The minimum Gasteiger partial charge on any atom is -0.481 e. The molecule has 3 amide bonds. The van der Waals surface area contributed by atoms with E-state index in [-0.39, 0.29) is 18.7 Å². The molecule has 4 atom stereocenters. The predicted molar refractivity (Wildman–Crippen MR) is 149 cm³/mol. The lowest BCUT2D eigenvalue weighted by Crippen LogP contribution is -2.57. The number of aryl methyl sites for hydroxylation is 1. The number of hydrogen-bond acceptors (Lipinski definition) is 8. The number of carboxylic acid groups (broad SMARTS) is 1. The Morgan fingerprint density at radius 3 is 2.10 bits per heavy atom. The SMILES string of the molecule is CSC[C@H](NC(C)=O)C(=O)C(CN)C(=O)N[C@H](C(=O)N[C@@H](CC(=O)O)C(=O)CCCc1ccccc1)C(C)C. The summed E-state index contributed by atoms with van der Waals surface area (Å²) in [4.78, 5) is 74.9. The molecule has 0 heterocycles. The maximum Gasteiger partial charge on any atom is 0.305 e. The van der Waals surface area contributed by atoms with Crippen LogP contribution in [0.25, 0.3) is 0 Å². The Bertz CT molecular complexity index is 1000. The van der Waals surface area contributed by atoms with Gasteiger partial charge in [-0.05, 0) is 30.6 Å². The van der Waals surface area contributed by atoms with E-state index in [1.165, 1.54) is 18.7 Å². The molecule has 1 aromatic rings. The van der Waals surface area contributed by atoms with E-state index in [1.807, 2.05) is 30.3 Å². The third kappa shape index (κ3) is 12.0. The van der Waals surface area contributed by atoms with E-state index in [0.29, 0.717) is 12.8 Å². The van der Waals surface area contributed by atoms with Crippen molar-refractivity contribution in [1.29, 1.82) is 0 Å². The molecule has 0 fully saturated rings. The van der Waals surface area contributed by atoms with Crippen LogP contribution in [-0.4, -0.2) is 77.0 Å². The standard InChI is InChI=1S/C27H40N4O7S/c1-16(2)24(31-26(37)19(14-28)25(36)21(15-39-4)29-17(3)32)27(38)30-20(13-23(34)35)22(33)12-8-11-18-9-6-5-7-10-18/h5-7,9-10,16,19-21,24H,8,11-15,28H2,1-4H3,(H,29,32)(H,30,38)(H,31,37)(H,34,35)/t19?,20-,21-,24-/m0/s1. The Morgan fingerprint density at radius 2 is 1.59 bits per heavy atom. The van der Waals surface area contributed by atoms with Gasteiger partial charge in [0.1, 0.15) is 12.0 Å². The number of carbonyl (C=O) groups excluding carboxylic acids is 5. The Morgan fingerprint density at radius 1 is 0.949 bits per heavy atom. The number of aliphatic carboxylic acids is 1. The second-order valence-corrected chi connectivity index (χ2v) is 10.5. The first-order valence-electron chi connectivity index (χ1n) is 12.8. The second kappa shape index (κ2) is 17.4. The number of Topliss-reactive ketones (excluding diaryl/α,β-unsaturated/α-hetero) is 2. The van der Waals surface area contributed by atoms with Crippen molar-refractivity contribution in [2.75, 3.05) is 18.6 Å². The van der Waals surface area contributed by atoms with Crippen molar-refractivity contribution >= 4 is 47.0 Å². The van der Waals surface area contributed by atoms with Crippen LogP contribution in [0.15, 0.2) is 30.3 Å². The molecule has 0 aliphatic heterocycles. The van der Waals surface area contributed by atoms with Gasteiger partial charge in [0.15, 0.2) is 11.6 Å². The molecule has 1 aromatic carbocycles. The zero-order valence-corrected chi connectivity index (χ0v) is 23.7. The van der Waals surface area contributed by atoms with Crippen molar-refractivity contribution in [1.82, 2.24) is 16.0 Å². The van der Waals surface area contributed by atoms with Crippen LogP contribution in [0.4, 0.5) is 0 Å². The summed E-state index contributed by atoms with van der Waals surface area (Å²) < 4.78 is 0. The minimum absolute atomic E-state index is 0.0650. The molecular formula is C27H40N4O7S. The smallest absolute Gasteiger partial charge is 0.305 e. The van der Waals surface area contributed by atoms with Gasteiger partial charge in [0.25, 0.3) is 0 Å². The number of thioether (sulfide) groups is 1. The van der Waals surface area contributed by atoms with E-state index in [0.717, 1.165) is 5.56 Å². The first-order chi connectivity index (χ1) is 18.4. The van der Waals surface area contributed by atoms with E-state index in [1.54, 1.807) is 20.1 Å². The van der Waals surface area contributed by atoms with Crippen LogP contribution in [-0.2, 0) is 35.2 Å². The van der Waals surface area contributed by atoms with Gasteiger partial charge in [-0.1, -0.05) is 44.2 Å². The van der Waals surface area contributed by atoms with E-state index in [2.05, 4.69) is 16.0 Å². The quantitative estimate of drug-likeness (QED) is 0.160. The Hall–Kier alpha value is -3.25. The number of rotatable bonds is 18. The molecule has 12 heteroatoms. The van der Waals surface area contributed by atoms with Crippen LogP contribution < -0.4 is 21.7 Å². The van der Waals surface area contributed by atoms with Crippen molar-refractivity contribution < 1.29 is 33.9 Å². The first kappa shape index (κ1) is 33.8.